The van der Waals surface area contributed by atoms with Crippen molar-refractivity contribution in [1.82, 2.24) is 5.32 Å². The summed E-state index contributed by atoms with van der Waals surface area (Å²) in [7, 11) is 0. The Labute approximate surface area is 117 Å². The van der Waals surface area contributed by atoms with Gasteiger partial charge in [0.15, 0.2) is 0 Å². The highest BCUT2D eigenvalue weighted by Crippen LogP contribution is 2.40. The zero-order valence-electron chi connectivity index (χ0n) is 12.3. The summed E-state index contributed by atoms with van der Waals surface area (Å²) < 4.78 is 11.9. The molecule has 3 rings (SSSR count). The highest BCUT2D eigenvalue weighted by atomic mass is 16.5. The maximum Gasteiger partial charge on any atom is 0.0697 e. The molecule has 1 spiro atoms. The van der Waals surface area contributed by atoms with Crippen LogP contribution in [0.15, 0.2) is 0 Å². The quantitative estimate of drug-likeness (QED) is 0.849. The molecular weight excluding hydrogens is 238 g/mol. The first kappa shape index (κ1) is 13.8. The van der Waals surface area contributed by atoms with Crippen molar-refractivity contribution in [3.05, 3.63) is 0 Å². The fraction of sp³-hybridized carbons (Fsp3) is 1.00. The Morgan fingerprint density at radius 3 is 2.79 bits per heavy atom. The molecule has 2 heterocycles. The van der Waals surface area contributed by atoms with E-state index in [4.69, 9.17) is 9.47 Å². The van der Waals surface area contributed by atoms with E-state index in [0.29, 0.717) is 12.1 Å². The van der Waals surface area contributed by atoms with Crippen LogP contribution in [0.2, 0.25) is 0 Å². The number of hydrogen-bond acceptors (Lipinski definition) is 3. The summed E-state index contributed by atoms with van der Waals surface area (Å²) in [4.78, 5) is 0. The SMILES string of the molecule is CCC1OCCC1CNC1CCOC2(CCCC2)C1. The smallest absolute Gasteiger partial charge is 0.0697 e. The van der Waals surface area contributed by atoms with Crippen LogP contribution >= 0.6 is 0 Å². The highest BCUT2D eigenvalue weighted by Gasteiger charge is 2.40. The van der Waals surface area contributed by atoms with Gasteiger partial charge in [-0.2, -0.15) is 0 Å². The van der Waals surface area contributed by atoms with Crippen LogP contribution in [0.3, 0.4) is 0 Å². The molecule has 0 bridgehead atoms. The van der Waals surface area contributed by atoms with E-state index in [1.54, 1.807) is 0 Å². The van der Waals surface area contributed by atoms with Gasteiger partial charge in [-0.15, -0.1) is 0 Å². The van der Waals surface area contributed by atoms with Crippen LogP contribution in [0.25, 0.3) is 0 Å². The summed E-state index contributed by atoms with van der Waals surface area (Å²) >= 11 is 0. The monoisotopic (exact) mass is 267 g/mol. The van der Waals surface area contributed by atoms with Crippen molar-refractivity contribution in [2.45, 2.75) is 76.0 Å². The molecule has 2 saturated heterocycles. The first-order valence-electron chi connectivity index (χ1n) is 8.30. The van der Waals surface area contributed by atoms with E-state index in [1.807, 2.05) is 0 Å². The van der Waals surface area contributed by atoms with Gasteiger partial charge in [0.2, 0.25) is 0 Å². The molecule has 3 heteroatoms. The molecule has 1 aliphatic carbocycles. The van der Waals surface area contributed by atoms with Gasteiger partial charge >= 0.3 is 0 Å². The van der Waals surface area contributed by atoms with Crippen LogP contribution in [0.4, 0.5) is 0 Å². The number of hydrogen-bond donors (Lipinski definition) is 1. The van der Waals surface area contributed by atoms with Crippen molar-refractivity contribution in [2.75, 3.05) is 19.8 Å². The molecule has 3 fully saturated rings. The van der Waals surface area contributed by atoms with E-state index in [0.717, 1.165) is 32.1 Å². The summed E-state index contributed by atoms with van der Waals surface area (Å²) in [6.07, 6.45) is 10.6. The maximum absolute atomic E-state index is 6.11. The highest BCUT2D eigenvalue weighted by molar-refractivity contribution is 4.94. The van der Waals surface area contributed by atoms with Crippen molar-refractivity contribution in [1.29, 1.82) is 0 Å². The Kier molecular flexibility index (Phi) is 4.45. The Morgan fingerprint density at radius 1 is 1.16 bits per heavy atom. The van der Waals surface area contributed by atoms with E-state index < -0.39 is 0 Å². The van der Waals surface area contributed by atoms with Gasteiger partial charge in [-0.3, -0.25) is 0 Å². The molecule has 0 aromatic rings. The summed E-state index contributed by atoms with van der Waals surface area (Å²) in [6.45, 7) is 5.29. The first-order chi connectivity index (χ1) is 9.31. The van der Waals surface area contributed by atoms with Crippen LogP contribution < -0.4 is 5.32 Å². The summed E-state index contributed by atoms with van der Waals surface area (Å²) in [6, 6.07) is 0.671. The predicted octanol–water partition coefficient (Wildman–Crippen LogP) is 2.88. The molecular formula is C16H29NO2. The van der Waals surface area contributed by atoms with Gasteiger partial charge in [0.1, 0.15) is 0 Å². The van der Waals surface area contributed by atoms with Gasteiger partial charge in [0, 0.05) is 25.8 Å². The normalized spacial score (nSPS) is 38.1. The molecule has 2 aliphatic heterocycles. The minimum atomic E-state index is 0.242. The van der Waals surface area contributed by atoms with Crippen LogP contribution in [0.5, 0.6) is 0 Å². The van der Waals surface area contributed by atoms with E-state index in [-0.39, 0.29) is 5.60 Å². The van der Waals surface area contributed by atoms with Gasteiger partial charge in [0.05, 0.1) is 11.7 Å². The number of rotatable bonds is 4. The molecule has 0 aromatic carbocycles. The molecule has 0 amide bonds. The van der Waals surface area contributed by atoms with E-state index >= 15 is 0 Å². The number of ether oxygens (including phenoxy) is 2. The third kappa shape index (κ3) is 3.14. The summed E-state index contributed by atoms with van der Waals surface area (Å²) in [5, 5.41) is 3.82. The Morgan fingerprint density at radius 2 is 2.00 bits per heavy atom. The Hall–Kier alpha value is -0.120. The fourth-order valence-electron chi connectivity index (χ4n) is 4.27. The van der Waals surface area contributed by atoms with Gasteiger partial charge in [-0.05, 0) is 44.4 Å². The molecule has 3 atom stereocenters. The van der Waals surface area contributed by atoms with Crippen LogP contribution in [0, 0.1) is 5.92 Å². The van der Waals surface area contributed by atoms with Gasteiger partial charge in [-0.25, -0.2) is 0 Å². The maximum atomic E-state index is 6.11. The van der Waals surface area contributed by atoms with Crippen LogP contribution in [-0.4, -0.2) is 37.5 Å². The lowest BCUT2D eigenvalue weighted by Crippen LogP contribution is -2.47. The molecule has 3 aliphatic rings. The Bertz CT molecular complexity index is 288. The van der Waals surface area contributed by atoms with Gasteiger partial charge in [0.25, 0.3) is 0 Å². The van der Waals surface area contributed by atoms with Crippen molar-refractivity contribution < 1.29 is 9.47 Å². The average Bonchev–Trinajstić information content (AvgIpc) is 3.06. The standard InChI is InChI=1S/C16H29NO2/c1-2-15-13(5-9-18-15)12-17-14-6-10-19-16(11-14)7-3-4-8-16/h13-15,17H,2-12H2,1H3. The third-order valence-corrected chi connectivity index (χ3v) is 5.43. The van der Waals surface area contributed by atoms with Crippen LogP contribution in [-0.2, 0) is 9.47 Å². The summed E-state index contributed by atoms with van der Waals surface area (Å²) in [5.41, 5.74) is 0.242. The first-order valence-corrected chi connectivity index (χ1v) is 8.30. The van der Waals surface area contributed by atoms with Crippen molar-refractivity contribution in [3.8, 4) is 0 Å². The van der Waals surface area contributed by atoms with E-state index in [9.17, 15) is 0 Å². The van der Waals surface area contributed by atoms with Crippen molar-refractivity contribution in [2.24, 2.45) is 5.92 Å². The zero-order chi connectivity index (χ0) is 13.1. The van der Waals surface area contributed by atoms with Crippen molar-refractivity contribution in [3.63, 3.8) is 0 Å². The lowest BCUT2D eigenvalue weighted by molar-refractivity contribution is -0.0840. The third-order valence-electron chi connectivity index (χ3n) is 5.43. The fourth-order valence-corrected chi connectivity index (χ4v) is 4.27. The minimum Gasteiger partial charge on any atom is -0.378 e. The lowest BCUT2D eigenvalue weighted by atomic mass is 9.88. The second-order valence-corrected chi connectivity index (χ2v) is 6.70. The second kappa shape index (κ2) is 6.11. The van der Waals surface area contributed by atoms with Crippen molar-refractivity contribution >= 4 is 0 Å². The van der Waals surface area contributed by atoms with Crippen LogP contribution in [0.1, 0.15) is 58.3 Å². The van der Waals surface area contributed by atoms with E-state index in [2.05, 4.69) is 12.2 Å². The molecule has 110 valence electrons. The topological polar surface area (TPSA) is 30.5 Å². The molecule has 19 heavy (non-hydrogen) atoms. The molecule has 3 unspecified atom stereocenters. The Balaban J connectivity index is 1.47. The average molecular weight is 267 g/mol. The molecule has 0 radical (unpaired) electrons. The molecule has 1 saturated carbocycles. The molecule has 0 aromatic heterocycles. The number of nitrogens with one attached hydrogen (secondary N) is 1. The zero-order valence-corrected chi connectivity index (χ0v) is 12.3. The largest absolute Gasteiger partial charge is 0.378 e. The molecule has 3 nitrogen and oxygen atoms in total. The molecule has 1 N–H and O–H groups in total. The predicted molar refractivity (Wildman–Crippen MR) is 76.3 cm³/mol. The van der Waals surface area contributed by atoms with E-state index in [1.165, 1.54) is 44.9 Å². The summed E-state index contributed by atoms with van der Waals surface area (Å²) in [5.74, 6) is 0.729. The minimum absolute atomic E-state index is 0.242. The lowest BCUT2D eigenvalue weighted by Gasteiger charge is -2.39. The second-order valence-electron chi connectivity index (χ2n) is 6.70. The van der Waals surface area contributed by atoms with Gasteiger partial charge < -0.3 is 14.8 Å². The van der Waals surface area contributed by atoms with Gasteiger partial charge in [-0.1, -0.05) is 19.8 Å².